The van der Waals surface area contributed by atoms with Gasteiger partial charge in [0.25, 0.3) is 5.91 Å². The van der Waals surface area contributed by atoms with Crippen LogP contribution < -0.4 is 10.3 Å². The topological polar surface area (TPSA) is 78.5 Å². The molecule has 1 amide bonds. The zero-order valence-corrected chi connectivity index (χ0v) is 18.3. The molecule has 8 heteroatoms. The van der Waals surface area contributed by atoms with Gasteiger partial charge < -0.3 is 0 Å². The van der Waals surface area contributed by atoms with Gasteiger partial charge in [0.1, 0.15) is 5.82 Å². The molecule has 162 valence electrons. The Bertz CT molecular complexity index is 1010. The molecule has 6 nitrogen and oxygen atoms in total. The van der Waals surface area contributed by atoms with Gasteiger partial charge in [0.05, 0.1) is 10.8 Å². The van der Waals surface area contributed by atoms with E-state index in [9.17, 15) is 17.6 Å². The molecule has 2 N–H and O–H groups in total. The Morgan fingerprint density at radius 2 is 1.87 bits per heavy atom. The van der Waals surface area contributed by atoms with Crippen molar-refractivity contribution in [1.29, 1.82) is 0 Å². The van der Waals surface area contributed by atoms with E-state index in [1.807, 2.05) is 44.2 Å². The van der Waals surface area contributed by atoms with Gasteiger partial charge in [-0.05, 0) is 69.0 Å². The summed E-state index contributed by atoms with van der Waals surface area (Å²) in [7, 11) is -3.78. The Hall–Kier alpha value is -2.29. The van der Waals surface area contributed by atoms with E-state index in [1.165, 1.54) is 6.07 Å². The molecule has 0 spiro atoms. The lowest BCUT2D eigenvalue weighted by Gasteiger charge is -2.34. The van der Waals surface area contributed by atoms with E-state index in [0.29, 0.717) is 24.1 Å². The molecule has 0 bridgehead atoms. The normalized spacial score (nSPS) is 17.8. The monoisotopic (exact) mass is 433 g/mol. The van der Waals surface area contributed by atoms with Crippen molar-refractivity contribution in [3.63, 3.8) is 0 Å². The summed E-state index contributed by atoms with van der Waals surface area (Å²) in [6, 6.07) is 12.6. The number of piperidine rings is 1. The molecule has 2 aromatic carbocycles. The lowest BCUT2D eigenvalue weighted by molar-refractivity contribution is 0.0940. The Kier molecular flexibility index (Phi) is 6.90. The third kappa shape index (κ3) is 5.06. The van der Waals surface area contributed by atoms with Gasteiger partial charge in [-0.25, -0.2) is 12.8 Å². The largest absolute Gasteiger partial charge is 0.300 e. The first-order valence-electron chi connectivity index (χ1n) is 10.1. The zero-order valence-electron chi connectivity index (χ0n) is 17.5. The molecule has 0 aromatic heterocycles. The Morgan fingerprint density at radius 3 is 2.53 bits per heavy atom. The molecule has 1 unspecified atom stereocenters. The van der Waals surface area contributed by atoms with E-state index in [4.69, 9.17) is 0 Å². The first-order valence-corrected chi connectivity index (χ1v) is 11.6. The van der Waals surface area contributed by atoms with E-state index >= 15 is 0 Å². The van der Waals surface area contributed by atoms with Crippen molar-refractivity contribution in [2.45, 2.75) is 44.9 Å². The fourth-order valence-corrected chi connectivity index (χ4v) is 4.95. The highest BCUT2D eigenvalue weighted by Crippen LogP contribution is 2.25. The van der Waals surface area contributed by atoms with Crippen molar-refractivity contribution in [3.05, 3.63) is 59.4 Å². The quantitative estimate of drug-likeness (QED) is 0.686. The number of rotatable bonds is 6. The molecule has 0 aliphatic carbocycles. The fraction of sp³-hybridized carbons (Fsp3) is 0.409. The van der Waals surface area contributed by atoms with E-state index in [0.717, 1.165) is 18.5 Å². The van der Waals surface area contributed by atoms with Crippen molar-refractivity contribution in [2.75, 3.05) is 13.1 Å². The molecule has 1 aliphatic rings. The highest BCUT2D eigenvalue weighted by atomic mass is 32.2. The number of halogens is 1. The maximum atomic E-state index is 14.6. The van der Waals surface area contributed by atoms with Crippen LogP contribution in [0.25, 0.3) is 11.1 Å². The van der Waals surface area contributed by atoms with Crippen LogP contribution in [-0.4, -0.2) is 43.6 Å². The van der Waals surface area contributed by atoms with Crippen LogP contribution in [0, 0.1) is 12.7 Å². The Morgan fingerprint density at radius 1 is 1.17 bits per heavy atom. The summed E-state index contributed by atoms with van der Waals surface area (Å²) in [4.78, 5) is 16.9. The maximum Gasteiger partial charge on any atom is 0.269 e. The SMILES string of the molecule is Cc1cc(-c2ccccc2)cc(C(=O)NNS(=O)(=O)C2CCCN(C(C)C)C2)c1F. The van der Waals surface area contributed by atoms with E-state index in [1.54, 1.807) is 13.0 Å². The number of amides is 1. The molecule has 30 heavy (non-hydrogen) atoms. The molecular weight excluding hydrogens is 405 g/mol. The van der Waals surface area contributed by atoms with Gasteiger partial charge in [-0.15, -0.1) is 4.83 Å². The number of hydrazine groups is 1. The number of sulfonamides is 1. The van der Waals surface area contributed by atoms with Crippen LogP contribution >= 0.6 is 0 Å². The van der Waals surface area contributed by atoms with Gasteiger partial charge in [-0.3, -0.25) is 15.1 Å². The molecular formula is C22H28FN3O3S. The van der Waals surface area contributed by atoms with E-state index < -0.39 is 27.0 Å². The predicted octanol–water partition coefficient (Wildman–Crippen LogP) is 3.24. The van der Waals surface area contributed by atoms with Crippen LogP contribution in [-0.2, 0) is 10.0 Å². The highest BCUT2D eigenvalue weighted by Gasteiger charge is 2.32. The maximum absolute atomic E-state index is 14.6. The van der Waals surface area contributed by atoms with E-state index in [2.05, 4.69) is 15.2 Å². The highest BCUT2D eigenvalue weighted by molar-refractivity contribution is 7.90. The van der Waals surface area contributed by atoms with Crippen LogP contribution in [0.5, 0.6) is 0 Å². The molecule has 1 heterocycles. The van der Waals surface area contributed by atoms with Crippen molar-refractivity contribution in [1.82, 2.24) is 15.2 Å². The number of likely N-dealkylation sites (tertiary alicyclic amines) is 1. The van der Waals surface area contributed by atoms with Gasteiger partial charge in [0.2, 0.25) is 10.0 Å². The first-order chi connectivity index (χ1) is 14.2. The van der Waals surface area contributed by atoms with Crippen LogP contribution in [0.2, 0.25) is 0 Å². The Labute approximate surface area is 177 Å². The fourth-order valence-electron chi connectivity index (χ4n) is 3.69. The second kappa shape index (κ2) is 9.24. The number of hydrogen-bond acceptors (Lipinski definition) is 4. The molecule has 1 atom stereocenters. The molecule has 2 aromatic rings. The minimum Gasteiger partial charge on any atom is -0.300 e. The van der Waals surface area contributed by atoms with Gasteiger partial charge in [0.15, 0.2) is 0 Å². The van der Waals surface area contributed by atoms with Crippen LogP contribution in [0.15, 0.2) is 42.5 Å². The lowest BCUT2D eigenvalue weighted by atomic mass is 9.99. The summed E-state index contributed by atoms with van der Waals surface area (Å²) in [5, 5.41) is -0.629. The summed E-state index contributed by atoms with van der Waals surface area (Å²) >= 11 is 0. The molecule has 0 saturated carbocycles. The van der Waals surface area contributed by atoms with Crippen LogP contribution in [0.1, 0.15) is 42.6 Å². The lowest BCUT2D eigenvalue weighted by Crippen LogP contribution is -2.52. The molecule has 1 fully saturated rings. The number of nitrogens with one attached hydrogen (secondary N) is 2. The van der Waals surface area contributed by atoms with Crippen LogP contribution in [0.3, 0.4) is 0 Å². The summed E-state index contributed by atoms with van der Waals surface area (Å²) in [5.74, 6) is -1.50. The number of hydrogen-bond donors (Lipinski definition) is 2. The molecule has 3 rings (SSSR count). The van der Waals surface area contributed by atoms with Crippen molar-refractivity contribution in [2.24, 2.45) is 0 Å². The van der Waals surface area contributed by atoms with Gasteiger partial charge in [-0.2, -0.15) is 0 Å². The number of carbonyl (C=O) groups excluding carboxylic acids is 1. The summed E-state index contributed by atoms with van der Waals surface area (Å²) < 4.78 is 40.0. The minimum absolute atomic E-state index is 0.205. The van der Waals surface area contributed by atoms with Gasteiger partial charge in [0, 0.05) is 12.6 Å². The first kappa shape index (κ1) is 22.4. The number of carbonyl (C=O) groups is 1. The average molecular weight is 434 g/mol. The van der Waals surface area contributed by atoms with Crippen molar-refractivity contribution in [3.8, 4) is 11.1 Å². The predicted molar refractivity (Wildman–Crippen MR) is 116 cm³/mol. The molecule has 1 saturated heterocycles. The van der Waals surface area contributed by atoms with Gasteiger partial charge in [-0.1, -0.05) is 30.3 Å². The smallest absolute Gasteiger partial charge is 0.269 e. The number of aryl methyl sites for hydroxylation is 1. The number of nitrogens with zero attached hydrogens (tertiary/aromatic N) is 1. The van der Waals surface area contributed by atoms with Gasteiger partial charge >= 0.3 is 0 Å². The van der Waals surface area contributed by atoms with Crippen molar-refractivity contribution < 1.29 is 17.6 Å². The zero-order chi connectivity index (χ0) is 21.9. The van der Waals surface area contributed by atoms with Crippen molar-refractivity contribution >= 4 is 15.9 Å². The summed E-state index contributed by atoms with van der Waals surface area (Å²) in [6.07, 6.45) is 1.29. The van der Waals surface area contributed by atoms with E-state index in [-0.39, 0.29) is 11.6 Å². The van der Waals surface area contributed by atoms with Crippen LogP contribution in [0.4, 0.5) is 4.39 Å². The third-order valence-corrected chi connectivity index (χ3v) is 7.14. The molecule has 0 radical (unpaired) electrons. The minimum atomic E-state index is -3.78. The summed E-state index contributed by atoms with van der Waals surface area (Å²) in [6.45, 7) is 6.88. The second-order valence-corrected chi connectivity index (χ2v) is 9.94. The average Bonchev–Trinajstić information content (AvgIpc) is 2.74. The Balaban J connectivity index is 1.75. The second-order valence-electron chi connectivity index (χ2n) is 7.97. The standard InChI is InChI=1S/C22H28FN3O3S/c1-15(2)26-11-7-10-19(14-26)30(28,29)25-24-22(27)20-13-18(12-16(3)21(20)23)17-8-5-4-6-9-17/h4-6,8-9,12-13,15,19,25H,7,10-11,14H2,1-3H3,(H,24,27). The molecule has 1 aliphatic heterocycles. The third-order valence-electron chi connectivity index (χ3n) is 5.49. The summed E-state index contributed by atoms with van der Waals surface area (Å²) in [5.41, 5.74) is 3.82. The number of benzene rings is 2.